The molecule has 0 bridgehead atoms. The van der Waals surface area contributed by atoms with Crippen LogP contribution in [0.1, 0.15) is 11.6 Å². The molecule has 1 aromatic carbocycles. The summed E-state index contributed by atoms with van der Waals surface area (Å²) in [6.07, 6.45) is 0. The molecule has 100 valence electrons. The summed E-state index contributed by atoms with van der Waals surface area (Å²) < 4.78 is 0. The van der Waals surface area contributed by atoms with Crippen LogP contribution in [0.5, 0.6) is 0 Å². The van der Waals surface area contributed by atoms with Gasteiger partial charge in [-0.15, -0.1) is 0 Å². The summed E-state index contributed by atoms with van der Waals surface area (Å²) in [7, 11) is 3.90. The van der Waals surface area contributed by atoms with Gasteiger partial charge in [-0.25, -0.2) is 0 Å². The molecule has 1 amide bonds. The van der Waals surface area contributed by atoms with Gasteiger partial charge in [-0.2, -0.15) is 0 Å². The van der Waals surface area contributed by atoms with Crippen LogP contribution >= 0.6 is 23.2 Å². The number of carbonyl (C=O) groups is 1. The van der Waals surface area contributed by atoms with Crippen LogP contribution in [0.15, 0.2) is 18.2 Å². The summed E-state index contributed by atoms with van der Waals surface area (Å²) in [5.41, 5.74) is 5.99. The van der Waals surface area contributed by atoms with Crippen molar-refractivity contribution in [2.24, 2.45) is 5.73 Å². The van der Waals surface area contributed by atoms with E-state index in [0.717, 1.165) is 6.54 Å². The van der Waals surface area contributed by atoms with E-state index in [-0.39, 0.29) is 0 Å². The molecule has 0 saturated carbocycles. The Balaban J connectivity index is 2.84. The maximum absolute atomic E-state index is 11.5. The molecule has 0 aliphatic carbocycles. The zero-order valence-corrected chi connectivity index (χ0v) is 11.9. The Hall–Kier alpha value is -0.810. The average Bonchev–Trinajstić information content (AvgIpc) is 2.28. The molecule has 1 rings (SSSR count). The standard InChI is InChI=1S/C12H17Cl2N3O/c1-17(2)7-6-16-11(12(15)18)8-4-3-5-9(13)10(8)14/h3-5,11,16H,6-7H2,1-2H3,(H2,15,18). The number of likely N-dealkylation sites (N-methyl/N-ethyl adjacent to an activating group) is 1. The predicted molar refractivity (Wildman–Crippen MR) is 75.0 cm³/mol. The minimum Gasteiger partial charge on any atom is -0.368 e. The van der Waals surface area contributed by atoms with Crippen LogP contribution in [-0.4, -0.2) is 38.0 Å². The van der Waals surface area contributed by atoms with Crippen molar-refractivity contribution < 1.29 is 4.79 Å². The Morgan fingerprint density at radius 3 is 2.67 bits per heavy atom. The van der Waals surface area contributed by atoms with Crippen molar-refractivity contribution in [1.82, 2.24) is 10.2 Å². The number of primary amides is 1. The highest BCUT2D eigenvalue weighted by Crippen LogP contribution is 2.29. The maximum Gasteiger partial charge on any atom is 0.239 e. The van der Waals surface area contributed by atoms with Crippen LogP contribution in [0.25, 0.3) is 0 Å². The van der Waals surface area contributed by atoms with Gasteiger partial charge in [0, 0.05) is 13.1 Å². The minimum atomic E-state index is -0.629. The van der Waals surface area contributed by atoms with Gasteiger partial charge in [-0.3, -0.25) is 4.79 Å². The first-order valence-corrected chi connectivity index (χ1v) is 6.30. The van der Waals surface area contributed by atoms with E-state index in [9.17, 15) is 4.79 Å². The van der Waals surface area contributed by atoms with Crippen molar-refractivity contribution in [3.63, 3.8) is 0 Å². The lowest BCUT2D eigenvalue weighted by Gasteiger charge is -2.19. The monoisotopic (exact) mass is 289 g/mol. The second-order valence-electron chi connectivity index (χ2n) is 4.24. The van der Waals surface area contributed by atoms with Gasteiger partial charge in [0.05, 0.1) is 10.0 Å². The number of amides is 1. The van der Waals surface area contributed by atoms with Crippen LogP contribution in [-0.2, 0) is 4.79 Å². The van der Waals surface area contributed by atoms with Gasteiger partial charge in [0.15, 0.2) is 0 Å². The second-order valence-corrected chi connectivity index (χ2v) is 5.02. The number of halogens is 2. The molecule has 18 heavy (non-hydrogen) atoms. The fraction of sp³-hybridized carbons (Fsp3) is 0.417. The Labute approximate surface area is 117 Å². The Morgan fingerprint density at radius 1 is 1.44 bits per heavy atom. The fourth-order valence-corrected chi connectivity index (χ4v) is 1.96. The number of nitrogens with two attached hydrogens (primary N) is 1. The summed E-state index contributed by atoms with van der Waals surface area (Å²) in [6.45, 7) is 1.42. The van der Waals surface area contributed by atoms with Crippen molar-refractivity contribution in [1.29, 1.82) is 0 Å². The van der Waals surface area contributed by atoms with E-state index in [1.54, 1.807) is 18.2 Å². The fourth-order valence-electron chi connectivity index (χ4n) is 1.54. The highest BCUT2D eigenvalue weighted by Gasteiger charge is 2.20. The van der Waals surface area contributed by atoms with Crippen LogP contribution in [0.3, 0.4) is 0 Å². The van der Waals surface area contributed by atoms with Crippen LogP contribution in [0.2, 0.25) is 10.0 Å². The quantitative estimate of drug-likeness (QED) is 0.838. The van der Waals surface area contributed by atoms with E-state index in [1.165, 1.54) is 0 Å². The summed E-state index contributed by atoms with van der Waals surface area (Å²) in [5.74, 6) is -0.474. The molecule has 0 spiro atoms. The minimum absolute atomic E-state index is 0.361. The van der Waals surface area contributed by atoms with Gasteiger partial charge >= 0.3 is 0 Å². The molecule has 4 nitrogen and oxygen atoms in total. The number of hydrogen-bond acceptors (Lipinski definition) is 3. The molecule has 6 heteroatoms. The van der Waals surface area contributed by atoms with Crippen molar-refractivity contribution in [2.75, 3.05) is 27.2 Å². The van der Waals surface area contributed by atoms with Gasteiger partial charge in [-0.05, 0) is 25.7 Å². The van der Waals surface area contributed by atoms with E-state index < -0.39 is 11.9 Å². The number of rotatable bonds is 6. The second kappa shape index (κ2) is 6.95. The third-order valence-corrected chi connectivity index (χ3v) is 3.32. The maximum atomic E-state index is 11.5. The molecule has 3 N–H and O–H groups in total. The van der Waals surface area contributed by atoms with Crippen molar-refractivity contribution in [3.8, 4) is 0 Å². The number of carbonyl (C=O) groups excluding carboxylic acids is 1. The summed E-state index contributed by atoms with van der Waals surface area (Å²) in [4.78, 5) is 13.5. The van der Waals surface area contributed by atoms with Gasteiger partial charge in [0.2, 0.25) is 5.91 Å². The van der Waals surface area contributed by atoms with Gasteiger partial charge < -0.3 is 16.0 Å². The first-order chi connectivity index (χ1) is 8.43. The lowest BCUT2D eigenvalue weighted by molar-refractivity contribution is -0.120. The lowest BCUT2D eigenvalue weighted by Crippen LogP contribution is -2.37. The molecule has 0 saturated heterocycles. The van der Waals surface area contributed by atoms with Gasteiger partial charge in [0.25, 0.3) is 0 Å². The molecule has 0 radical (unpaired) electrons. The molecular weight excluding hydrogens is 273 g/mol. The van der Waals surface area contributed by atoms with Crippen molar-refractivity contribution in [3.05, 3.63) is 33.8 Å². The first kappa shape index (κ1) is 15.2. The number of nitrogens with one attached hydrogen (secondary N) is 1. The number of nitrogens with zero attached hydrogens (tertiary/aromatic N) is 1. The predicted octanol–water partition coefficient (Wildman–Crippen LogP) is 1.67. The number of benzene rings is 1. The van der Waals surface area contributed by atoms with E-state index in [4.69, 9.17) is 28.9 Å². The van der Waals surface area contributed by atoms with E-state index in [2.05, 4.69) is 5.32 Å². The Kier molecular flexibility index (Phi) is 5.88. The van der Waals surface area contributed by atoms with E-state index in [1.807, 2.05) is 19.0 Å². The van der Waals surface area contributed by atoms with Crippen LogP contribution in [0.4, 0.5) is 0 Å². The van der Waals surface area contributed by atoms with Crippen molar-refractivity contribution >= 4 is 29.1 Å². The zero-order chi connectivity index (χ0) is 13.7. The SMILES string of the molecule is CN(C)CCNC(C(N)=O)c1cccc(Cl)c1Cl. The van der Waals surface area contributed by atoms with Crippen molar-refractivity contribution in [2.45, 2.75) is 6.04 Å². The normalized spacial score (nSPS) is 12.7. The highest BCUT2D eigenvalue weighted by molar-refractivity contribution is 6.42. The number of hydrogen-bond donors (Lipinski definition) is 2. The highest BCUT2D eigenvalue weighted by atomic mass is 35.5. The molecule has 1 atom stereocenters. The van der Waals surface area contributed by atoms with Gasteiger partial charge in [0.1, 0.15) is 6.04 Å². The molecule has 1 unspecified atom stereocenters. The zero-order valence-electron chi connectivity index (χ0n) is 10.4. The molecule has 0 aliphatic rings. The molecule has 1 aromatic rings. The lowest BCUT2D eigenvalue weighted by atomic mass is 10.1. The Morgan fingerprint density at radius 2 is 2.11 bits per heavy atom. The Bertz CT molecular complexity index is 424. The molecule has 0 fully saturated rings. The van der Waals surface area contributed by atoms with E-state index >= 15 is 0 Å². The molecule has 0 aliphatic heterocycles. The smallest absolute Gasteiger partial charge is 0.239 e. The van der Waals surface area contributed by atoms with Gasteiger partial charge in [-0.1, -0.05) is 35.3 Å². The largest absolute Gasteiger partial charge is 0.368 e. The summed E-state index contributed by atoms with van der Waals surface area (Å²) in [6, 6.07) is 4.53. The topological polar surface area (TPSA) is 58.4 Å². The summed E-state index contributed by atoms with van der Waals surface area (Å²) in [5, 5.41) is 3.85. The third kappa shape index (κ3) is 4.14. The third-order valence-electron chi connectivity index (χ3n) is 2.48. The first-order valence-electron chi connectivity index (χ1n) is 5.55. The van der Waals surface area contributed by atoms with Crippen LogP contribution in [0, 0.1) is 0 Å². The average molecular weight is 290 g/mol. The molecule has 0 heterocycles. The molecular formula is C12H17Cl2N3O. The van der Waals surface area contributed by atoms with Crippen LogP contribution < -0.4 is 11.1 Å². The molecule has 0 aromatic heterocycles. The summed E-state index contributed by atoms with van der Waals surface area (Å²) >= 11 is 12.0. The van der Waals surface area contributed by atoms with E-state index in [0.29, 0.717) is 22.2 Å².